The van der Waals surface area contributed by atoms with Crippen LogP contribution >= 0.6 is 0 Å². The third kappa shape index (κ3) is 1.52. The van der Waals surface area contributed by atoms with Gasteiger partial charge in [0.25, 0.3) is 0 Å². The maximum Gasteiger partial charge on any atom is 0.331 e. The third-order valence-electron chi connectivity index (χ3n) is 2.15. The van der Waals surface area contributed by atoms with Gasteiger partial charge in [-0.1, -0.05) is 24.3 Å². The number of fused-ring (bicyclic) bond motifs is 1. The van der Waals surface area contributed by atoms with Crippen molar-refractivity contribution in [1.82, 2.24) is 0 Å². The molecule has 1 N–H and O–H groups in total. The molecule has 0 heterocycles. The second kappa shape index (κ2) is 3.69. The van der Waals surface area contributed by atoms with Gasteiger partial charge in [0.05, 0.1) is 0 Å². The lowest BCUT2D eigenvalue weighted by molar-refractivity contribution is -0.133. The van der Waals surface area contributed by atoms with E-state index in [2.05, 4.69) is 4.99 Å². The van der Waals surface area contributed by atoms with Gasteiger partial charge in [-0.05, 0) is 0 Å². The number of carboxylic acids is 1. The molecule has 0 spiro atoms. The van der Waals surface area contributed by atoms with Gasteiger partial charge in [-0.25, -0.2) is 4.79 Å². The number of carbonyl (C=O) groups is 1. The molecular weight excluding hydrogens is 210 g/mol. The minimum absolute atomic E-state index is 0.269. The summed E-state index contributed by atoms with van der Waals surface area (Å²) in [4.78, 5) is 37.0. The lowest BCUT2D eigenvalue weighted by Gasteiger charge is -1.81. The zero-order valence-corrected chi connectivity index (χ0v) is 8.01. The van der Waals surface area contributed by atoms with Gasteiger partial charge in [0.2, 0.25) is 10.9 Å². The first-order valence-corrected chi connectivity index (χ1v) is 4.43. The monoisotopic (exact) mass is 216 g/mol. The van der Waals surface area contributed by atoms with Gasteiger partial charge in [-0.3, -0.25) is 14.6 Å². The molecule has 0 atom stereocenters. The highest BCUT2D eigenvalue weighted by Gasteiger charge is 2.09. The zero-order chi connectivity index (χ0) is 11.7. The van der Waals surface area contributed by atoms with E-state index in [1.807, 2.05) is 0 Å². The molecule has 79 valence electrons. The van der Waals surface area contributed by atoms with Crippen LogP contribution in [0.3, 0.4) is 0 Å². The molecule has 0 aliphatic heterocycles. The summed E-state index contributed by atoms with van der Waals surface area (Å²) in [5.74, 6) is -1.30. The Hall–Kier alpha value is -2.30. The fourth-order valence-corrected chi connectivity index (χ4v) is 1.47. The van der Waals surface area contributed by atoms with E-state index >= 15 is 0 Å². The molecule has 2 aromatic carbocycles. The van der Waals surface area contributed by atoms with Gasteiger partial charge >= 0.3 is 5.97 Å². The standard InChI is InChI=1S/C11H6NO4/c13-8(14)5-12-9-10(15)6-3-1-2-4-7(6)11(9)16/h1-5H,(H,13,14). The molecule has 0 aliphatic rings. The third-order valence-corrected chi connectivity index (χ3v) is 2.15. The summed E-state index contributed by atoms with van der Waals surface area (Å²) in [6.07, 6.45) is 0. The maximum atomic E-state index is 11.7. The Labute approximate surface area is 89.0 Å². The minimum Gasteiger partial charge on any atom is -0.480 e. The van der Waals surface area contributed by atoms with E-state index in [1.165, 1.54) is 12.1 Å². The second-order valence-corrected chi connectivity index (χ2v) is 3.15. The average Bonchev–Trinajstić information content (AvgIpc) is 2.50. The molecule has 0 aliphatic carbocycles. The van der Waals surface area contributed by atoms with Gasteiger partial charge in [-0.15, -0.1) is 0 Å². The topological polar surface area (TPSA) is 83.8 Å². The highest BCUT2D eigenvalue weighted by atomic mass is 16.4. The summed E-state index contributed by atoms with van der Waals surface area (Å²) in [5.41, 5.74) is -1.06. The molecule has 0 bridgehead atoms. The van der Waals surface area contributed by atoms with E-state index in [0.717, 1.165) is 0 Å². The molecule has 0 saturated heterocycles. The summed E-state index contributed by atoms with van der Waals surface area (Å²) in [6, 6.07) is 6.29. The zero-order valence-electron chi connectivity index (χ0n) is 8.01. The molecule has 0 aromatic heterocycles. The van der Waals surface area contributed by atoms with Crippen LogP contribution in [-0.2, 0) is 4.79 Å². The van der Waals surface area contributed by atoms with Crippen molar-refractivity contribution in [2.24, 2.45) is 4.99 Å². The van der Waals surface area contributed by atoms with E-state index in [0.29, 0.717) is 6.54 Å². The predicted octanol–water partition coefficient (Wildman–Crippen LogP) is -0.417. The van der Waals surface area contributed by atoms with Crippen molar-refractivity contribution in [1.29, 1.82) is 0 Å². The van der Waals surface area contributed by atoms with Crippen molar-refractivity contribution >= 4 is 16.7 Å². The van der Waals surface area contributed by atoms with Crippen molar-refractivity contribution in [3.05, 3.63) is 56.6 Å². The molecule has 0 fully saturated rings. The summed E-state index contributed by atoms with van der Waals surface area (Å²) in [7, 11) is 0. The number of carboxylic acid groups (broad SMARTS) is 1. The highest BCUT2D eigenvalue weighted by molar-refractivity contribution is 5.83. The summed E-state index contributed by atoms with van der Waals surface area (Å²) in [5, 5.41) is 8.57. The number of nitrogens with zero attached hydrogens (tertiary/aromatic N) is 1. The Morgan fingerprint density at radius 2 is 1.62 bits per heavy atom. The van der Waals surface area contributed by atoms with Crippen molar-refractivity contribution in [3.8, 4) is 0 Å². The molecule has 1 radical (unpaired) electrons. The first-order chi connectivity index (χ1) is 7.61. The van der Waals surface area contributed by atoms with E-state index in [4.69, 9.17) is 5.11 Å². The summed E-state index contributed by atoms with van der Waals surface area (Å²) >= 11 is 0. The second-order valence-electron chi connectivity index (χ2n) is 3.15. The molecule has 5 nitrogen and oxygen atoms in total. The Bertz CT molecular complexity index is 658. The number of hydrogen-bond acceptors (Lipinski definition) is 4. The Morgan fingerprint density at radius 3 is 2.06 bits per heavy atom. The van der Waals surface area contributed by atoms with Crippen molar-refractivity contribution in [3.63, 3.8) is 0 Å². The van der Waals surface area contributed by atoms with Crippen molar-refractivity contribution in [2.45, 2.75) is 0 Å². The minimum atomic E-state index is -1.30. The molecule has 16 heavy (non-hydrogen) atoms. The van der Waals surface area contributed by atoms with Crippen LogP contribution in [0.1, 0.15) is 0 Å². The van der Waals surface area contributed by atoms with Crippen LogP contribution in [0.5, 0.6) is 0 Å². The van der Waals surface area contributed by atoms with Crippen LogP contribution in [0.2, 0.25) is 0 Å². The van der Waals surface area contributed by atoms with Crippen LogP contribution in [0.4, 0.5) is 0 Å². The van der Waals surface area contributed by atoms with Gasteiger partial charge in [-0.2, -0.15) is 0 Å². The van der Waals surface area contributed by atoms with Crippen molar-refractivity contribution < 1.29 is 9.90 Å². The summed E-state index contributed by atoms with van der Waals surface area (Å²) in [6.45, 7) is 0.539. The number of hydrogen-bond donors (Lipinski definition) is 1. The van der Waals surface area contributed by atoms with E-state index in [9.17, 15) is 14.4 Å². The normalized spacial score (nSPS) is 10.5. The Morgan fingerprint density at radius 1 is 1.12 bits per heavy atom. The predicted molar refractivity (Wildman–Crippen MR) is 56.4 cm³/mol. The lowest BCUT2D eigenvalue weighted by Crippen LogP contribution is -2.31. The molecule has 0 unspecified atom stereocenters. The number of rotatable bonds is 2. The molecule has 0 saturated carbocycles. The van der Waals surface area contributed by atoms with Gasteiger partial charge in [0, 0.05) is 10.8 Å². The average molecular weight is 216 g/mol. The van der Waals surface area contributed by atoms with Crippen LogP contribution in [0.15, 0.2) is 38.8 Å². The van der Waals surface area contributed by atoms with Crippen LogP contribution in [-0.4, -0.2) is 11.1 Å². The van der Waals surface area contributed by atoms with Gasteiger partial charge < -0.3 is 5.11 Å². The van der Waals surface area contributed by atoms with Crippen LogP contribution in [0, 0.1) is 6.54 Å². The Balaban J connectivity index is 2.82. The quantitative estimate of drug-likeness (QED) is 0.739. The molecule has 2 rings (SSSR count). The largest absolute Gasteiger partial charge is 0.480 e. The van der Waals surface area contributed by atoms with Crippen molar-refractivity contribution in [2.75, 3.05) is 0 Å². The molecule has 2 aromatic rings. The van der Waals surface area contributed by atoms with E-state index in [1.54, 1.807) is 12.1 Å². The van der Waals surface area contributed by atoms with Crippen LogP contribution < -0.4 is 16.2 Å². The fraction of sp³-hybridized carbons (Fsp3) is 0. The molecule has 5 heteroatoms. The summed E-state index contributed by atoms with van der Waals surface area (Å²) < 4.78 is 0. The first-order valence-electron chi connectivity index (χ1n) is 4.43. The fourth-order valence-electron chi connectivity index (χ4n) is 1.47. The first kappa shape index (κ1) is 10.2. The van der Waals surface area contributed by atoms with Crippen LogP contribution in [0.25, 0.3) is 10.8 Å². The SMILES string of the molecule is O=C(O)[CH]N=c1c(=O)c2ccccc2c1=O. The van der Waals surface area contributed by atoms with Gasteiger partial charge in [0.15, 0.2) is 11.9 Å². The highest BCUT2D eigenvalue weighted by Crippen LogP contribution is 2.01. The number of aliphatic carboxylic acids is 1. The molecular formula is C11H6NO4. The van der Waals surface area contributed by atoms with Gasteiger partial charge in [0.1, 0.15) is 0 Å². The smallest absolute Gasteiger partial charge is 0.331 e. The molecule has 0 amide bonds. The Kier molecular flexibility index (Phi) is 2.36. The lowest BCUT2D eigenvalue weighted by atomic mass is 10.2. The van der Waals surface area contributed by atoms with E-state index in [-0.39, 0.29) is 16.1 Å². The maximum absolute atomic E-state index is 11.7. The number of benzene rings is 1. The van der Waals surface area contributed by atoms with E-state index < -0.39 is 16.8 Å².